The second-order valence-corrected chi connectivity index (χ2v) is 7.97. The molecule has 2 aromatic carbocycles. The van der Waals surface area contributed by atoms with Gasteiger partial charge in [0.2, 0.25) is 0 Å². The van der Waals surface area contributed by atoms with Gasteiger partial charge in [-0.25, -0.2) is 4.90 Å². The minimum absolute atomic E-state index is 0.193. The first kappa shape index (κ1) is 19.5. The van der Waals surface area contributed by atoms with Crippen LogP contribution in [0.1, 0.15) is 4.88 Å². The molecule has 0 unspecified atom stereocenters. The Morgan fingerprint density at radius 1 is 0.966 bits per heavy atom. The number of halogens is 2. The lowest BCUT2D eigenvalue weighted by Gasteiger charge is -2.16. The van der Waals surface area contributed by atoms with Gasteiger partial charge in [0.15, 0.2) is 0 Å². The summed E-state index contributed by atoms with van der Waals surface area (Å²) in [5.41, 5.74) is 1.47. The van der Waals surface area contributed by atoms with Crippen molar-refractivity contribution in [1.29, 1.82) is 0 Å². The molecule has 0 aliphatic carbocycles. The fourth-order valence-electron chi connectivity index (χ4n) is 3.02. The largest absolute Gasteiger partial charge is 0.497 e. The van der Waals surface area contributed by atoms with Gasteiger partial charge in [0.05, 0.1) is 18.4 Å². The van der Waals surface area contributed by atoms with Gasteiger partial charge in [-0.3, -0.25) is 9.59 Å². The van der Waals surface area contributed by atoms with Crippen LogP contribution in [0, 0.1) is 0 Å². The fraction of sp³-hybridized carbons (Fsp3) is 0.0476. The highest BCUT2D eigenvalue weighted by Gasteiger charge is 2.40. The third-order valence-corrected chi connectivity index (χ3v) is 5.64. The molecule has 1 aliphatic heterocycles. The molecule has 1 aliphatic rings. The Morgan fingerprint density at radius 3 is 2.24 bits per heavy atom. The van der Waals surface area contributed by atoms with Gasteiger partial charge in [0.25, 0.3) is 11.8 Å². The van der Waals surface area contributed by atoms with Crippen molar-refractivity contribution in [3.63, 3.8) is 0 Å². The number of ether oxygens (including phenoxy) is 1. The van der Waals surface area contributed by atoms with E-state index < -0.39 is 11.8 Å². The number of nitrogens with zero attached hydrogens (tertiary/aromatic N) is 1. The number of benzene rings is 2. The number of hydrogen-bond donors (Lipinski definition) is 1. The molecule has 0 saturated carbocycles. The predicted octanol–water partition coefficient (Wildman–Crippen LogP) is 5.46. The second kappa shape index (κ2) is 7.91. The normalized spacial score (nSPS) is 14.0. The lowest BCUT2D eigenvalue weighted by molar-refractivity contribution is -0.120. The van der Waals surface area contributed by atoms with E-state index in [0.29, 0.717) is 37.6 Å². The summed E-state index contributed by atoms with van der Waals surface area (Å²) >= 11 is 13.5. The number of thiophene rings is 1. The van der Waals surface area contributed by atoms with E-state index in [2.05, 4.69) is 5.32 Å². The van der Waals surface area contributed by atoms with Gasteiger partial charge in [-0.15, -0.1) is 11.3 Å². The van der Waals surface area contributed by atoms with Crippen LogP contribution in [0.3, 0.4) is 0 Å². The Labute approximate surface area is 181 Å². The van der Waals surface area contributed by atoms with Crippen molar-refractivity contribution in [3.05, 3.63) is 80.6 Å². The first-order valence-electron chi connectivity index (χ1n) is 8.52. The maximum absolute atomic E-state index is 13.3. The zero-order chi connectivity index (χ0) is 20.5. The third-order valence-electron chi connectivity index (χ3n) is 4.32. The summed E-state index contributed by atoms with van der Waals surface area (Å²) in [6.45, 7) is 0. The van der Waals surface area contributed by atoms with Gasteiger partial charge in [0, 0.05) is 20.6 Å². The molecule has 0 atom stereocenters. The highest BCUT2D eigenvalue weighted by molar-refractivity contribution is 7.11. The third kappa shape index (κ3) is 3.74. The van der Waals surface area contributed by atoms with E-state index in [9.17, 15) is 9.59 Å². The van der Waals surface area contributed by atoms with E-state index in [1.165, 1.54) is 23.5 Å². The summed E-state index contributed by atoms with van der Waals surface area (Å²) in [5.74, 6) is -0.230. The molecule has 0 saturated heterocycles. The summed E-state index contributed by atoms with van der Waals surface area (Å²) in [6.07, 6.45) is 0. The van der Waals surface area contributed by atoms with Gasteiger partial charge < -0.3 is 10.1 Å². The summed E-state index contributed by atoms with van der Waals surface area (Å²) in [5, 5.41) is 5.61. The highest BCUT2D eigenvalue weighted by Crippen LogP contribution is 2.37. The summed E-state index contributed by atoms with van der Waals surface area (Å²) in [7, 11) is 1.58. The van der Waals surface area contributed by atoms with Crippen molar-refractivity contribution in [2.45, 2.75) is 0 Å². The smallest absolute Gasteiger partial charge is 0.282 e. The van der Waals surface area contributed by atoms with Crippen LogP contribution in [0.4, 0.5) is 11.4 Å². The molecule has 4 rings (SSSR count). The zero-order valence-electron chi connectivity index (χ0n) is 15.1. The first-order valence-corrected chi connectivity index (χ1v) is 10.2. The lowest BCUT2D eigenvalue weighted by Crippen LogP contribution is -2.32. The van der Waals surface area contributed by atoms with Crippen LogP contribution in [-0.2, 0) is 9.59 Å². The van der Waals surface area contributed by atoms with Gasteiger partial charge >= 0.3 is 0 Å². The van der Waals surface area contributed by atoms with Crippen LogP contribution in [-0.4, -0.2) is 18.9 Å². The van der Waals surface area contributed by atoms with E-state index in [1.54, 1.807) is 43.5 Å². The quantitative estimate of drug-likeness (QED) is 0.530. The molecule has 146 valence electrons. The Hall–Kier alpha value is -2.80. The average Bonchev–Trinajstić information content (AvgIpc) is 3.28. The number of carbonyl (C=O) groups excluding carboxylic acids is 2. The van der Waals surface area contributed by atoms with Crippen LogP contribution in [0.25, 0.3) is 5.57 Å². The average molecular weight is 445 g/mol. The molecule has 0 radical (unpaired) electrons. The van der Waals surface area contributed by atoms with Crippen LogP contribution < -0.4 is 15.0 Å². The highest BCUT2D eigenvalue weighted by atomic mass is 35.5. The van der Waals surface area contributed by atoms with E-state index in [4.69, 9.17) is 27.9 Å². The Kier molecular flexibility index (Phi) is 5.32. The predicted molar refractivity (Wildman–Crippen MR) is 117 cm³/mol. The molecule has 3 aromatic rings. The van der Waals surface area contributed by atoms with E-state index in [0.717, 1.165) is 4.90 Å². The summed E-state index contributed by atoms with van der Waals surface area (Å²) < 4.78 is 5.16. The minimum atomic E-state index is -0.479. The molecule has 5 nitrogen and oxygen atoms in total. The molecular weight excluding hydrogens is 431 g/mol. The van der Waals surface area contributed by atoms with E-state index in [-0.39, 0.29) is 5.70 Å². The summed E-state index contributed by atoms with van der Waals surface area (Å²) in [6, 6.07) is 15.3. The number of methoxy groups -OCH3 is 1. The Bertz CT molecular complexity index is 1110. The van der Waals surface area contributed by atoms with Crippen molar-refractivity contribution in [1.82, 2.24) is 0 Å². The SMILES string of the molecule is COc1ccc(NC2=C(c3cccs3)C(=O)N(c3cc(Cl)cc(Cl)c3)C2=O)cc1. The maximum atomic E-state index is 13.3. The minimum Gasteiger partial charge on any atom is -0.497 e. The molecule has 2 heterocycles. The molecule has 1 N–H and O–H groups in total. The van der Waals surface area contributed by atoms with Gasteiger partial charge in [-0.1, -0.05) is 29.3 Å². The number of anilines is 2. The van der Waals surface area contributed by atoms with Gasteiger partial charge in [-0.05, 0) is 53.9 Å². The number of hydrogen-bond acceptors (Lipinski definition) is 5. The number of rotatable bonds is 5. The summed E-state index contributed by atoms with van der Waals surface area (Å²) in [4.78, 5) is 28.3. The van der Waals surface area contributed by atoms with Gasteiger partial charge in [-0.2, -0.15) is 0 Å². The molecule has 1 aromatic heterocycles. The first-order chi connectivity index (χ1) is 14.0. The molecule has 0 spiro atoms. The lowest BCUT2D eigenvalue weighted by atomic mass is 10.2. The standard InChI is InChI=1S/C21H14Cl2N2O3S/c1-28-16-6-4-14(5-7-16)24-19-18(17-3-2-8-29-17)20(26)25(21(19)27)15-10-12(22)9-13(23)11-15/h2-11,24H,1H3. The van der Waals surface area contributed by atoms with Crippen LogP contribution in [0.15, 0.2) is 65.7 Å². The van der Waals surface area contributed by atoms with Crippen molar-refractivity contribution >= 4 is 63.3 Å². The van der Waals surface area contributed by atoms with E-state index >= 15 is 0 Å². The molecule has 2 amide bonds. The topological polar surface area (TPSA) is 58.6 Å². The van der Waals surface area contributed by atoms with Crippen LogP contribution >= 0.6 is 34.5 Å². The number of amides is 2. The zero-order valence-corrected chi connectivity index (χ0v) is 17.4. The molecular formula is C21H14Cl2N2O3S. The molecule has 0 bridgehead atoms. The van der Waals surface area contributed by atoms with Crippen molar-refractivity contribution in [2.75, 3.05) is 17.3 Å². The van der Waals surface area contributed by atoms with Crippen LogP contribution in [0.2, 0.25) is 10.0 Å². The van der Waals surface area contributed by atoms with Crippen molar-refractivity contribution < 1.29 is 14.3 Å². The van der Waals surface area contributed by atoms with Crippen molar-refractivity contribution in [2.24, 2.45) is 0 Å². The maximum Gasteiger partial charge on any atom is 0.282 e. The Balaban J connectivity index is 1.78. The second-order valence-electron chi connectivity index (χ2n) is 6.15. The number of carbonyl (C=O) groups is 2. The Morgan fingerprint density at radius 2 is 1.66 bits per heavy atom. The number of nitrogens with one attached hydrogen (secondary N) is 1. The van der Waals surface area contributed by atoms with E-state index in [1.807, 2.05) is 11.4 Å². The molecule has 0 fully saturated rings. The number of imide groups is 1. The molecule has 8 heteroatoms. The molecule has 29 heavy (non-hydrogen) atoms. The van der Waals surface area contributed by atoms with Crippen molar-refractivity contribution in [3.8, 4) is 5.75 Å². The van der Waals surface area contributed by atoms with Crippen LogP contribution in [0.5, 0.6) is 5.75 Å². The monoisotopic (exact) mass is 444 g/mol. The fourth-order valence-corrected chi connectivity index (χ4v) is 4.30. The van der Waals surface area contributed by atoms with Gasteiger partial charge in [0.1, 0.15) is 11.4 Å².